The molecule has 3 aliphatic carbocycles. The van der Waals surface area contributed by atoms with Crippen molar-refractivity contribution in [1.29, 1.82) is 0 Å². The third-order valence-electron chi connectivity index (χ3n) is 6.87. The highest BCUT2D eigenvalue weighted by Gasteiger charge is 2.67. The molecule has 1 aliphatic heterocycles. The summed E-state index contributed by atoms with van der Waals surface area (Å²) in [5, 5.41) is 19.7. The van der Waals surface area contributed by atoms with E-state index in [1.54, 1.807) is 12.1 Å². The van der Waals surface area contributed by atoms with Crippen molar-refractivity contribution >= 4 is 39.1 Å². The molecular formula is C24H17BrN2O4. The highest BCUT2D eigenvalue weighted by atomic mass is 79.9. The van der Waals surface area contributed by atoms with Crippen LogP contribution in [-0.4, -0.2) is 17.0 Å². The molecular weight excluding hydrogens is 460 g/mol. The van der Waals surface area contributed by atoms with Gasteiger partial charge in [-0.1, -0.05) is 70.5 Å². The lowest BCUT2D eigenvalue weighted by molar-refractivity contribution is -0.991. The topological polar surface area (TPSA) is 85.1 Å². The van der Waals surface area contributed by atoms with Gasteiger partial charge in [-0.15, -0.1) is 0 Å². The Labute approximate surface area is 186 Å². The first-order valence-electron chi connectivity index (χ1n) is 10.0. The number of hydrogen-bond acceptors (Lipinski definition) is 4. The predicted octanol–water partition coefficient (Wildman–Crippen LogP) is 2.99. The molecule has 1 heterocycles. The van der Waals surface area contributed by atoms with Crippen LogP contribution in [0.1, 0.15) is 28.2 Å². The minimum atomic E-state index is -1.10. The Morgan fingerprint density at radius 3 is 2.13 bits per heavy atom. The number of nitrogens with zero attached hydrogens (tertiary/aromatic N) is 1. The molecule has 2 bridgehead atoms. The molecule has 0 aromatic heterocycles. The Morgan fingerprint density at radius 2 is 1.52 bits per heavy atom. The molecule has 3 aromatic carbocycles. The van der Waals surface area contributed by atoms with E-state index in [1.165, 1.54) is 17.0 Å². The van der Waals surface area contributed by atoms with Gasteiger partial charge in [0.25, 0.3) is 0 Å². The predicted molar refractivity (Wildman–Crippen MR) is 116 cm³/mol. The van der Waals surface area contributed by atoms with E-state index in [-0.39, 0.29) is 23.4 Å². The normalized spacial score (nSPS) is 28.9. The Kier molecular flexibility index (Phi) is 3.86. The average molecular weight is 477 g/mol. The maximum atomic E-state index is 13.8. The lowest BCUT2D eigenvalue weighted by atomic mass is 9.55. The number of halogens is 1. The highest BCUT2D eigenvalue weighted by molar-refractivity contribution is 9.09. The zero-order chi connectivity index (χ0) is 21.5. The van der Waals surface area contributed by atoms with Crippen molar-refractivity contribution in [3.05, 3.63) is 100 Å². The molecule has 154 valence electrons. The van der Waals surface area contributed by atoms with Crippen LogP contribution in [0.2, 0.25) is 0 Å². The maximum Gasteiger partial charge on any atom is 0.239 e. The van der Waals surface area contributed by atoms with Crippen LogP contribution in [0.4, 0.5) is 11.4 Å². The van der Waals surface area contributed by atoms with Crippen molar-refractivity contribution in [1.82, 2.24) is 0 Å². The molecule has 6 nitrogen and oxygen atoms in total. The van der Waals surface area contributed by atoms with Crippen LogP contribution in [0.25, 0.3) is 0 Å². The summed E-state index contributed by atoms with van der Waals surface area (Å²) in [6, 6.07) is 22.0. The van der Waals surface area contributed by atoms with Gasteiger partial charge in [0.05, 0.1) is 21.8 Å². The summed E-state index contributed by atoms with van der Waals surface area (Å²) in [6.07, 6.45) is 0. The van der Waals surface area contributed by atoms with E-state index in [1.807, 2.05) is 48.5 Å². The molecule has 4 aliphatic rings. The molecule has 0 radical (unpaired) electrons. The molecule has 0 saturated carbocycles. The van der Waals surface area contributed by atoms with Crippen LogP contribution in [0.3, 0.4) is 0 Å². The fraction of sp³-hybridized carbons (Fsp3) is 0.167. The summed E-state index contributed by atoms with van der Waals surface area (Å²) in [6.45, 7) is 0. The lowest BCUT2D eigenvalue weighted by Crippen LogP contribution is -2.99. The van der Waals surface area contributed by atoms with Gasteiger partial charge in [0.1, 0.15) is 0 Å². The van der Waals surface area contributed by atoms with Crippen molar-refractivity contribution in [2.45, 2.75) is 10.2 Å². The lowest BCUT2D eigenvalue weighted by Gasteiger charge is -2.51. The molecule has 2 N–H and O–H groups in total. The molecule has 3 aromatic rings. The fourth-order valence-corrected chi connectivity index (χ4v) is 6.91. The molecule has 31 heavy (non-hydrogen) atoms. The van der Waals surface area contributed by atoms with Crippen LogP contribution in [0.5, 0.6) is 0 Å². The summed E-state index contributed by atoms with van der Waals surface area (Å²) in [7, 11) is 0. The number of carbonyl (C=O) groups is 2. The first-order chi connectivity index (χ1) is 14.9. The van der Waals surface area contributed by atoms with E-state index in [0.717, 1.165) is 22.3 Å². The number of anilines is 1. The van der Waals surface area contributed by atoms with E-state index >= 15 is 0 Å². The van der Waals surface area contributed by atoms with Gasteiger partial charge in [0.15, 0.2) is 5.69 Å². The monoisotopic (exact) mass is 476 g/mol. The quantitative estimate of drug-likeness (QED) is 0.338. The Bertz CT molecular complexity index is 1230. The van der Waals surface area contributed by atoms with Crippen molar-refractivity contribution in [2.24, 2.45) is 11.8 Å². The average Bonchev–Trinajstić information content (AvgIpc) is 3.06. The smallest absolute Gasteiger partial charge is 0.239 e. The van der Waals surface area contributed by atoms with Gasteiger partial charge in [-0.3, -0.25) is 9.59 Å². The molecule has 2 amide bonds. The third-order valence-corrected chi connectivity index (χ3v) is 8.21. The summed E-state index contributed by atoms with van der Waals surface area (Å²) >= 11 is 3.95. The first-order valence-corrected chi connectivity index (χ1v) is 10.8. The Morgan fingerprint density at radius 1 is 0.903 bits per heavy atom. The van der Waals surface area contributed by atoms with Crippen LogP contribution < -0.4 is 10.1 Å². The van der Waals surface area contributed by atoms with Crippen LogP contribution in [0, 0.1) is 17.0 Å². The van der Waals surface area contributed by atoms with Crippen molar-refractivity contribution in [3.8, 4) is 0 Å². The molecule has 7 rings (SSSR count). The molecule has 1 unspecified atom stereocenters. The molecule has 3 atom stereocenters. The Balaban J connectivity index is 1.58. The van der Waals surface area contributed by atoms with Gasteiger partial charge in [-0.2, -0.15) is 5.23 Å². The van der Waals surface area contributed by atoms with Crippen molar-refractivity contribution in [2.75, 3.05) is 4.90 Å². The van der Waals surface area contributed by atoms with Crippen LogP contribution >= 0.6 is 15.9 Å². The van der Waals surface area contributed by atoms with Gasteiger partial charge in [0, 0.05) is 18.1 Å². The minimum absolute atomic E-state index is 0.0380. The highest BCUT2D eigenvalue weighted by Crippen LogP contribution is 2.66. The van der Waals surface area contributed by atoms with Gasteiger partial charge >= 0.3 is 0 Å². The largest absolute Gasteiger partial charge is 0.595 e. The molecule has 0 spiro atoms. The second-order valence-corrected chi connectivity index (χ2v) is 9.49. The maximum absolute atomic E-state index is 13.8. The van der Waals surface area contributed by atoms with E-state index in [2.05, 4.69) is 15.9 Å². The summed E-state index contributed by atoms with van der Waals surface area (Å²) in [4.78, 5) is 28.7. The van der Waals surface area contributed by atoms with Gasteiger partial charge in [0.2, 0.25) is 11.8 Å². The second kappa shape index (κ2) is 6.34. The van der Waals surface area contributed by atoms with E-state index < -0.39 is 21.4 Å². The molecule has 7 heteroatoms. The number of hydrogen-bond donors (Lipinski definition) is 2. The van der Waals surface area contributed by atoms with Gasteiger partial charge in [-0.05, 0) is 28.3 Å². The second-order valence-electron chi connectivity index (χ2n) is 8.23. The van der Waals surface area contributed by atoms with Crippen LogP contribution in [-0.2, 0) is 13.9 Å². The minimum Gasteiger partial charge on any atom is -0.595 e. The standard InChI is InChI=1S/C24H17BrN2O4/c25-24-17-10-3-1-8-15(17)19(16-9-2-4-11-18(16)24)20-21(24)23(29)26(22(20)28)13-6-5-7-14(12-13)27(30)31/h1-12,19-21,27,30H/t19?,20-,21+,24?/m1/s1. The van der Waals surface area contributed by atoms with Crippen molar-refractivity contribution < 1.29 is 20.0 Å². The summed E-state index contributed by atoms with van der Waals surface area (Å²) in [5.74, 6) is -1.96. The molecule has 1 fully saturated rings. The number of imide groups is 1. The van der Waals surface area contributed by atoms with E-state index in [4.69, 9.17) is 0 Å². The Hall–Kier alpha value is -2.84. The number of nitrogens with one attached hydrogen (secondary N) is 1. The number of rotatable bonds is 2. The van der Waals surface area contributed by atoms with Crippen molar-refractivity contribution in [3.63, 3.8) is 0 Å². The van der Waals surface area contributed by atoms with E-state index in [0.29, 0.717) is 5.69 Å². The number of quaternary nitrogens is 1. The molecule has 1 saturated heterocycles. The SMILES string of the molecule is O=C1[C@@H]2C3c4ccccc4C(Br)(c4ccccc43)[C@@H]2C(=O)N1c1cccc([NH+]([O-])O)c1. The number of carbonyl (C=O) groups excluding carboxylic acids is 2. The number of benzene rings is 3. The summed E-state index contributed by atoms with van der Waals surface area (Å²) in [5.41, 5.74) is 4.48. The van der Waals surface area contributed by atoms with Crippen LogP contribution in [0.15, 0.2) is 72.8 Å². The fourth-order valence-electron chi connectivity index (χ4n) is 5.71. The third kappa shape index (κ3) is 2.26. The first kappa shape index (κ1) is 18.9. The number of alkyl halides is 1. The number of amides is 2. The zero-order valence-electron chi connectivity index (χ0n) is 16.2. The zero-order valence-corrected chi connectivity index (χ0v) is 17.7. The van der Waals surface area contributed by atoms with Gasteiger partial charge in [-0.25, -0.2) is 10.1 Å². The van der Waals surface area contributed by atoms with E-state index in [9.17, 15) is 20.0 Å². The van der Waals surface area contributed by atoms with Gasteiger partial charge < -0.3 is 5.21 Å². The summed E-state index contributed by atoms with van der Waals surface area (Å²) < 4.78 is -0.814.